The van der Waals surface area contributed by atoms with Crippen molar-refractivity contribution >= 4 is 5.91 Å². The number of aromatic nitrogens is 2. The normalized spacial score (nSPS) is 10.2. The van der Waals surface area contributed by atoms with Crippen molar-refractivity contribution in [2.24, 2.45) is 7.05 Å². The molecule has 78 valence electrons. The highest BCUT2D eigenvalue weighted by atomic mass is 16.3. The van der Waals surface area contributed by atoms with Gasteiger partial charge in [-0.05, 0) is 6.42 Å². The first-order valence-electron chi connectivity index (χ1n) is 4.60. The van der Waals surface area contributed by atoms with Gasteiger partial charge in [0.1, 0.15) is 0 Å². The van der Waals surface area contributed by atoms with E-state index in [1.54, 1.807) is 17.8 Å². The summed E-state index contributed by atoms with van der Waals surface area (Å²) in [6.07, 6.45) is 2.53. The number of nitrogens with zero attached hydrogens (tertiary/aromatic N) is 2. The van der Waals surface area contributed by atoms with Crippen LogP contribution in [0.4, 0.5) is 0 Å². The monoisotopic (exact) mass is 197 g/mol. The minimum atomic E-state index is -0.249. The molecule has 0 radical (unpaired) electrons. The first-order chi connectivity index (χ1) is 6.70. The Balaban J connectivity index is 2.75. The van der Waals surface area contributed by atoms with E-state index in [1.165, 1.54) is 0 Å². The molecule has 0 aliphatic heterocycles. The molecule has 1 rings (SSSR count). The van der Waals surface area contributed by atoms with Gasteiger partial charge >= 0.3 is 0 Å². The van der Waals surface area contributed by atoms with Gasteiger partial charge in [0.05, 0.1) is 6.61 Å². The summed E-state index contributed by atoms with van der Waals surface area (Å²) in [5.74, 6) is 0.136. The second kappa shape index (κ2) is 4.76. The number of aryl methyl sites for hydroxylation is 1. The molecule has 5 nitrogen and oxygen atoms in total. The van der Waals surface area contributed by atoms with Crippen LogP contribution < -0.4 is 5.32 Å². The molecule has 0 saturated heterocycles. The van der Waals surface area contributed by atoms with Crippen LogP contribution in [0.25, 0.3) is 0 Å². The zero-order valence-corrected chi connectivity index (χ0v) is 8.45. The van der Waals surface area contributed by atoms with Gasteiger partial charge in [0, 0.05) is 25.5 Å². The summed E-state index contributed by atoms with van der Waals surface area (Å²) >= 11 is 0. The predicted octanol–water partition coefficient (Wildman–Crippen LogP) is -0.295. The molecule has 1 aromatic heterocycles. The summed E-state index contributed by atoms with van der Waals surface area (Å²) < 4.78 is 1.76. The lowest BCUT2D eigenvalue weighted by Gasteiger charge is -2.04. The van der Waals surface area contributed by atoms with Gasteiger partial charge < -0.3 is 15.0 Å². The van der Waals surface area contributed by atoms with Crippen LogP contribution in [-0.4, -0.2) is 33.7 Å². The maximum absolute atomic E-state index is 11.4. The first-order valence-corrected chi connectivity index (χ1v) is 4.60. The van der Waals surface area contributed by atoms with Gasteiger partial charge in [0.15, 0.2) is 5.82 Å². The Morgan fingerprint density at radius 3 is 2.93 bits per heavy atom. The number of hydrogen-bond acceptors (Lipinski definition) is 3. The summed E-state index contributed by atoms with van der Waals surface area (Å²) in [6.45, 7) is 2.20. The molecular formula is C9H15N3O2. The highest BCUT2D eigenvalue weighted by molar-refractivity contribution is 5.90. The Labute approximate surface area is 82.8 Å². The molecule has 0 aliphatic carbocycles. The topological polar surface area (TPSA) is 67.2 Å². The number of hydrogen-bond donors (Lipinski definition) is 2. The summed E-state index contributed by atoms with van der Waals surface area (Å²) in [4.78, 5) is 15.5. The Morgan fingerprint density at radius 2 is 2.43 bits per heavy atom. The largest absolute Gasteiger partial charge is 0.395 e. The smallest absolute Gasteiger partial charge is 0.287 e. The molecule has 0 atom stereocenters. The van der Waals surface area contributed by atoms with Crippen molar-refractivity contribution in [2.75, 3.05) is 13.2 Å². The van der Waals surface area contributed by atoms with Crippen LogP contribution in [0, 0.1) is 0 Å². The summed E-state index contributed by atoms with van der Waals surface area (Å²) in [5.41, 5.74) is 1.01. The van der Waals surface area contributed by atoms with E-state index in [1.807, 2.05) is 6.92 Å². The average molecular weight is 197 g/mol. The number of carbonyl (C=O) groups excluding carboxylic acids is 1. The Hall–Kier alpha value is -1.36. The SMILES string of the molecule is CCc1cnc(C(=O)NCCO)n1C. The van der Waals surface area contributed by atoms with Crippen LogP contribution in [0.3, 0.4) is 0 Å². The quantitative estimate of drug-likeness (QED) is 0.696. The fourth-order valence-corrected chi connectivity index (χ4v) is 1.23. The number of amides is 1. The van der Waals surface area contributed by atoms with Crippen molar-refractivity contribution in [2.45, 2.75) is 13.3 Å². The number of imidazole rings is 1. The molecule has 0 unspecified atom stereocenters. The molecular weight excluding hydrogens is 182 g/mol. The number of nitrogens with one attached hydrogen (secondary N) is 1. The van der Waals surface area contributed by atoms with Crippen LogP contribution in [0.5, 0.6) is 0 Å². The standard InChI is InChI=1S/C9H15N3O2/c1-3-7-6-11-8(12(7)2)9(14)10-4-5-13/h6,13H,3-5H2,1-2H3,(H,10,14). The van der Waals surface area contributed by atoms with Crippen LogP contribution in [0.1, 0.15) is 23.2 Å². The van der Waals surface area contributed by atoms with Crippen LogP contribution in [0.2, 0.25) is 0 Å². The van der Waals surface area contributed by atoms with E-state index in [9.17, 15) is 4.79 Å². The molecule has 0 fully saturated rings. The van der Waals surface area contributed by atoms with Crippen molar-refractivity contribution in [3.8, 4) is 0 Å². The van der Waals surface area contributed by atoms with E-state index >= 15 is 0 Å². The van der Waals surface area contributed by atoms with Gasteiger partial charge in [-0.15, -0.1) is 0 Å². The summed E-state index contributed by atoms with van der Waals surface area (Å²) in [5, 5.41) is 11.1. The van der Waals surface area contributed by atoms with Gasteiger partial charge in [-0.3, -0.25) is 4.79 Å². The van der Waals surface area contributed by atoms with Gasteiger partial charge in [0.25, 0.3) is 5.91 Å². The van der Waals surface area contributed by atoms with E-state index < -0.39 is 0 Å². The van der Waals surface area contributed by atoms with Gasteiger partial charge in [-0.25, -0.2) is 4.98 Å². The molecule has 14 heavy (non-hydrogen) atoms. The Morgan fingerprint density at radius 1 is 1.71 bits per heavy atom. The second-order valence-electron chi connectivity index (χ2n) is 2.97. The van der Waals surface area contributed by atoms with Crippen molar-refractivity contribution in [1.29, 1.82) is 0 Å². The molecule has 2 N–H and O–H groups in total. The van der Waals surface area contributed by atoms with Crippen LogP contribution in [-0.2, 0) is 13.5 Å². The van der Waals surface area contributed by atoms with Crippen molar-refractivity contribution < 1.29 is 9.90 Å². The molecule has 1 aromatic rings. The Bertz CT molecular complexity index is 320. The van der Waals surface area contributed by atoms with Crippen molar-refractivity contribution in [3.05, 3.63) is 17.7 Å². The lowest BCUT2D eigenvalue weighted by atomic mass is 10.4. The minimum absolute atomic E-state index is 0.0587. The van der Waals surface area contributed by atoms with E-state index in [-0.39, 0.29) is 19.1 Å². The molecule has 0 aromatic carbocycles. The van der Waals surface area contributed by atoms with E-state index in [4.69, 9.17) is 5.11 Å². The molecule has 1 amide bonds. The van der Waals surface area contributed by atoms with E-state index in [2.05, 4.69) is 10.3 Å². The Kier molecular flexibility index (Phi) is 3.64. The number of aliphatic hydroxyl groups excluding tert-OH is 1. The van der Waals surface area contributed by atoms with Crippen molar-refractivity contribution in [3.63, 3.8) is 0 Å². The van der Waals surface area contributed by atoms with Gasteiger partial charge in [0.2, 0.25) is 0 Å². The zero-order chi connectivity index (χ0) is 10.6. The summed E-state index contributed by atoms with van der Waals surface area (Å²) in [7, 11) is 1.81. The minimum Gasteiger partial charge on any atom is -0.395 e. The molecule has 0 aliphatic rings. The molecule has 0 bridgehead atoms. The van der Waals surface area contributed by atoms with E-state index in [0.29, 0.717) is 5.82 Å². The highest BCUT2D eigenvalue weighted by Gasteiger charge is 2.12. The third kappa shape index (κ3) is 2.11. The van der Waals surface area contributed by atoms with Gasteiger partial charge in [-0.2, -0.15) is 0 Å². The number of rotatable bonds is 4. The first kappa shape index (κ1) is 10.7. The maximum Gasteiger partial charge on any atom is 0.287 e. The number of carbonyl (C=O) groups is 1. The molecule has 0 spiro atoms. The fraction of sp³-hybridized carbons (Fsp3) is 0.556. The lowest BCUT2D eigenvalue weighted by Crippen LogP contribution is -2.28. The van der Waals surface area contributed by atoms with Crippen LogP contribution in [0.15, 0.2) is 6.20 Å². The van der Waals surface area contributed by atoms with E-state index in [0.717, 1.165) is 12.1 Å². The van der Waals surface area contributed by atoms with Crippen LogP contribution >= 0.6 is 0 Å². The average Bonchev–Trinajstić information content (AvgIpc) is 2.56. The predicted molar refractivity (Wildman–Crippen MR) is 52.0 cm³/mol. The third-order valence-corrected chi connectivity index (χ3v) is 2.05. The molecule has 1 heterocycles. The second-order valence-corrected chi connectivity index (χ2v) is 2.97. The lowest BCUT2D eigenvalue weighted by molar-refractivity contribution is 0.0931. The summed E-state index contributed by atoms with van der Waals surface area (Å²) in [6, 6.07) is 0. The molecule has 5 heteroatoms. The van der Waals surface area contributed by atoms with Gasteiger partial charge in [-0.1, -0.05) is 6.92 Å². The fourth-order valence-electron chi connectivity index (χ4n) is 1.23. The zero-order valence-electron chi connectivity index (χ0n) is 8.45. The van der Waals surface area contributed by atoms with Crippen molar-refractivity contribution in [1.82, 2.24) is 14.9 Å². The third-order valence-electron chi connectivity index (χ3n) is 2.05. The number of aliphatic hydroxyl groups is 1. The molecule has 0 saturated carbocycles. The maximum atomic E-state index is 11.4. The highest BCUT2D eigenvalue weighted by Crippen LogP contribution is 2.03.